The van der Waals surface area contributed by atoms with E-state index in [1.807, 2.05) is 30.3 Å². The monoisotopic (exact) mass is 411 g/mol. The van der Waals surface area contributed by atoms with Crippen molar-refractivity contribution in [2.24, 2.45) is 0 Å². The molecule has 1 amide bonds. The molecule has 0 radical (unpaired) electrons. The molecule has 3 nitrogen and oxygen atoms in total. The van der Waals surface area contributed by atoms with Gasteiger partial charge in [-0.25, -0.2) is 0 Å². The second-order valence-electron chi connectivity index (χ2n) is 6.79. The van der Waals surface area contributed by atoms with Crippen LogP contribution in [0.5, 0.6) is 5.75 Å². The maximum Gasteiger partial charge on any atom is 0.263 e. The van der Waals surface area contributed by atoms with E-state index in [1.54, 1.807) is 0 Å². The summed E-state index contributed by atoms with van der Waals surface area (Å²) in [7, 11) is 0. The van der Waals surface area contributed by atoms with E-state index in [9.17, 15) is 4.79 Å². The van der Waals surface area contributed by atoms with Crippen LogP contribution in [0.2, 0.25) is 0 Å². The average molecular weight is 412 g/mol. The number of nitrogens with one attached hydrogen (secondary N) is 1. The van der Waals surface area contributed by atoms with Crippen LogP contribution in [0.25, 0.3) is 6.08 Å². The Kier molecular flexibility index (Phi) is 7.69. The zero-order valence-electron chi connectivity index (χ0n) is 16.1. The molecule has 0 atom stereocenters. The zero-order valence-corrected chi connectivity index (χ0v) is 17.7. The maximum atomic E-state index is 11.7. The van der Waals surface area contributed by atoms with Gasteiger partial charge in [-0.05, 0) is 47.7 Å². The topological polar surface area (TPSA) is 38.3 Å². The third-order valence-corrected chi connectivity index (χ3v) is 5.79. The number of aryl methyl sites for hydroxylation is 1. The fourth-order valence-corrected chi connectivity index (χ4v) is 4.12. The van der Waals surface area contributed by atoms with Crippen LogP contribution in [-0.4, -0.2) is 10.2 Å². The minimum atomic E-state index is -0.133. The van der Waals surface area contributed by atoms with Crippen molar-refractivity contribution >= 4 is 40.3 Å². The number of carbonyl (C=O) groups is 1. The molecule has 0 unspecified atom stereocenters. The van der Waals surface area contributed by atoms with Gasteiger partial charge < -0.3 is 10.1 Å². The highest BCUT2D eigenvalue weighted by Gasteiger charge is 2.21. The van der Waals surface area contributed by atoms with E-state index in [1.165, 1.54) is 48.6 Å². The van der Waals surface area contributed by atoms with E-state index in [4.69, 9.17) is 17.0 Å². The Balaban J connectivity index is 1.57. The fourth-order valence-electron chi connectivity index (χ4n) is 3.08. The number of hydrogen-bond acceptors (Lipinski definition) is 4. The fraction of sp³-hybridized carbons (Fsp3) is 0.304. The van der Waals surface area contributed by atoms with Gasteiger partial charge >= 0.3 is 0 Å². The molecule has 0 bridgehead atoms. The summed E-state index contributed by atoms with van der Waals surface area (Å²) in [6.07, 6.45) is 8.01. The largest absolute Gasteiger partial charge is 0.489 e. The molecule has 1 fully saturated rings. The Labute approximate surface area is 176 Å². The summed E-state index contributed by atoms with van der Waals surface area (Å²) in [5.74, 6) is 0.688. The number of rotatable bonds is 9. The molecule has 1 saturated heterocycles. The van der Waals surface area contributed by atoms with E-state index in [2.05, 4.69) is 36.5 Å². The van der Waals surface area contributed by atoms with Gasteiger partial charge in [0.15, 0.2) is 0 Å². The van der Waals surface area contributed by atoms with E-state index in [0.717, 1.165) is 17.7 Å². The van der Waals surface area contributed by atoms with Crippen LogP contribution >= 0.6 is 24.0 Å². The van der Waals surface area contributed by atoms with Crippen molar-refractivity contribution in [1.82, 2.24) is 5.32 Å². The van der Waals surface area contributed by atoms with Crippen LogP contribution in [0.4, 0.5) is 0 Å². The van der Waals surface area contributed by atoms with Crippen molar-refractivity contribution < 1.29 is 9.53 Å². The first-order chi connectivity index (χ1) is 13.7. The van der Waals surface area contributed by atoms with Gasteiger partial charge in [0.25, 0.3) is 5.91 Å². The van der Waals surface area contributed by atoms with Crippen LogP contribution < -0.4 is 10.1 Å². The standard InChI is InChI=1S/C23H25NO2S2/c1-2-3-4-5-8-18-9-6-7-10-19(18)16-26-20-13-11-17(12-14-20)15-21-22(25)24-23(27)28-21/h6-7,9-15H,2-5,8,16H2,1H3,(H,24,25,27). The first-order valence-electron chi connectivity index (χ1n) is 9.70. The summed E-state index contributed by atoms with van der Waals surface area (Å²) in [5, 5.41) is 2.63. The lowest BCUT2D eigenvalue weighted by Crippen LogP contribution is -2.17. The smallest absolute Gasteiger partial charge is 0.263 e. The Morgan fingerprint density at radius 3 is 2.46 bits per heavy atom. The molecule has 0 aliphatic carbocycles. The van der Waals surface area contributed by atoms with Crippen LogP contribution in [0.1, 0.15) is 49.3 Å². The molecule has 0 aromatic heterocycles. The number of unbranched alkanes of at least 4 members (excludes halogenated alkanes) is 3. The number of ether oxygens (including phenoxy) is 1. The van der Waals surface area contributed by atoms with Gasteiger partial charge in [-0.3, -0.25) is 4.79 Å². The van der Waals surface area contributed by atoms with Crippen molar-refractivity contribution in [3.8, 4) is 5.75 Å². The summed E-state index contributed by atoms with van der Waals surface area (Å²) in [5.41, 5.74) is 3.57. The van der Waals surface area contributed by atoms with Crippen molar-refractivity contribution in [1.29, 1.82) is 0 Å². The Bertz CT molecular complexity index is 859. The van der Waals surface area contributed by atoms with Gasteiger partial charge in [0.2, 0.25) is 0 Å². The predicted molar refractivity (Wildman–Crippen MR) is 121 cm³/mol. The van der Waals surface area contributed by atoms with Gasteiger partial charge in [-0.15, -0.1) is 0 Å². The Morgan fingerprint density at radius 2 is 1.79 bits per heavy atom. The van der Waals surface area contributed by atoms with E-state index < -0.39 is 0 Å². The summed E-state index contributed by atoms with van der Waals surface area (Å²) in [6, 6.07) is 16.3. The van der Waals surface area contributed by atoms with Crippen molar-refractivity contribution in [2.75, 3.05) is 0 Å². The van der Waals surface area contributed by atoms with Crippen molar-refractivity contribution in [3.63, 3.8) is 0 Å². The van der Waals surface area contributed by atoms with Crippen molar-refractivity contribution in [2.45, 2.75) is 45.6 Å². The lowest BCUT2D eigenvalue weighted by Gasteiger charge is -2.11. The normalized spacial score (nSPS) is 15.1. The molecule has 2 aromatic carbocycles. The van der Waals surface area contributed by atoms with Gasteiger partial charge in [0.05, 0.1) is 4.91 Å². The zero-order chi connectivity index (χ0) is 19.8. The van der Waals surface area contributed by atoms with E-state index >= 15 is 0 Å². The number of thiocarbonyl (C=S) groups is 1. The van der Waals surface area contributed by atoms with Crippen LogP contribution in [-0.2, 0) is 17.8 Å². The molecule has 5 heteroatoms. The molecule has 0 saturated carbocycles. The first kappa shape index (κ1) is 20.6. The second-order valence-corrected chi connectivity index (χ2v) is 8.51. The summed E-state index contributed by atoms with van der Waals surface area (Å²) in [4.78, 5) is 12.4. The number of carbonyl (C=O) groups excluding carboxylic acids is 1. The van der Waals surface area contributed by atoms with Crippen LogP contribution in [0, 0.1) is 0 Å². The highest BCUT2D eigenvalue weighted by atomic mass is 32.2. The molecule has 146 valence electrons. The molecule has 1 heterocycles. The number of amides is 1. The van der Waals surface area contributed by atoms with E-state index in [0.29, 0.717) is 15.8 Å². The molecule has 1 aliphatic heterocycles. The quantitative estimate of drug-likeness (QED) is 0.318. The minimum Gasteiger partial charge on any atom is -0.489 e. The van der Waals surface area contributed by atoms with Gasteiger partial charge in [-0.1, -0.05) is 86.6 Å². The lowest BCUT2D eigenvalue weighted by atomic mass is 10.0. The van der Waals surface area contributed by atoms with Gasteiger partial charge in [0, 0.05) is 0 Å². The molecule has 0 spiro atoms. The summed E-state index contributed by atoms with van der Waals surface area (Å²) >= 11 is 6.30. The maximum absolute atomic E-state index is 11.7. The molecule has 2 aromatic rings. The number of benzene rings is 2. The Morgan fingerprint density at radius 1 is 1.04 bits per heavy atom. The molecule has 1 aliphatic rings. The first-order valence-corrected chi connectivity index (χ1v) is 10.9. The summed E-state index contributed by atoms with van der Waals surface area (Å²) in [6.45, 7) is 2.80. The SMILES string of the molecule is CCCCCCc1ccccc1COc1ccc(C=C2SC(=S)NC2=O)cc1. The molecular weight excluding hydrogens is 386 g/mol. The Hall–Kier alpha value is -2.11. The number of hydrogen-bond donors (Lipinski definition) is 1. The van der Waals surface area contributed by atoms with Crippen LogP contribution in [0.15, 0.2) is 53.4 Å². The predicted octanol–water partition coefficient (Wildman–Crippen LogP) is 5.88. The highest BCUT2D eigenvalue weighted by molar-refractivity contribution is 8.26. The average Bonchev–Trinajstić information content (AvgIpc) is 3.02. The summed E-state index contributed by atoms with van der Waals surface area (Å²) < 4.78 is 6.50. The highest BCUT2D eigenvalue weighted by Crippen LogP contribution is 2.26. The molecule has 3 rings (SSSR count). The number of thioether (sulfide) groups is 1. The molecule has 28 heavy (non-hydrogen) atoms. The van der Waals surface area contributed by atoms with Crippen LogP contribution in [0.3, 0.4) is 0 Å². The molecule has 1 N–H and O–H groups in total. The van der Waals surface area contributed by atoms with E-state index in [-0.39, 0.29) is 5.91 Å². The van der Waals surface area contributed by atoms with Gasteiger partial charge in [-0.2, -0.15) is 0 Å². The van der Waals surface area contributed by atoms with Gasteiger partial charge in [0.1, 0.15) is 16.7 Å². The lowest BCUT2D eigenvalue weighted by molar-refractivity contribution is -0.115. The molecular formula is C23H25NO2S2. The third-order valence-electron chi connectivity index (χ3n) is 4.63. The van der Waals surface area contributed by atoms with Crippen molar-refractivity contribution in [3.05, 3.63) is 70.1 Å². The third kappa shape index (κ3) is 5.94. The second kappa shape index (κ2) is 10.4. The minimum absolute atomic E-state index is 0.133.